The molecule has 10 nitrogen and oxygen atoms in total. The minimum Gasteiger partial charge on any atom is -0.497 e. The Morgan fingerprint density at radius 3 is 2.20 bits per heavy atom. The molecule has 0 aliphatic carbocycles. The molecule has 192 valence electrons. The summed E-state index contributed by atoms with van der Waals surface area (Å²) in [6, 6.07) is 13.0. The number of nitrogens with one attached hydrogen (secondary N) is 2. The number of hydroxylamine groups is 1. The molecular formula is C23H30ClN3O7S. The second-order valence-electron chi connectivity index (χ2n) is 7.98. The monoisotopic (exact) mass is 527 g/mol. The largest absolute Gasteiger partial charge is 0.497 e. The van der Waals surface area contributed by atoms with E-state index in [-0.39, 0.29) is 36.7 Å². The molecule has 1 aliphatic heterocycles. The molecule has 1 unspecified atom stereocenters. The van der Waals surface area contributed by atoms with E-state index in [9.17, 15) is 23.2 Å². The second kappa shape index (κ2) is 12.3. The number of benzene rings is 2. The lowest BCUT2D eigenvalue weighted by Gasteiger charge is -2.44. The number of hydrogen-bond acceptors (Lipinski definition) is 8. The molecule has 0 saturated carbocycles. The maximum absolute atomic E-state index is 14.0. The van der Waals surface area contributed by atoms with Crippen molar-refractivity contribution in [3.63, 3.8) is 0 Å². The van der Waals surface area contributed by atoms with Crippen LogP contribution in [0.15, 0.2) is 59.5 Å². The summed E-state index contributed by atoms with van der Waals surface area (Å²) in [5, 5.41) is 12.7. The number of ether oxygens (including phenoxy) is 2. The standard InChI is InChI=1S/C23H29N3O7S.ClH/c1-32-18-8-10-19(11-9-18)34(30,31)26(16-17-6-4-3-5-7-17)20(21(27)33-2)23(22(28)25-29)12-14-24-15-13-23;/h3-11,20,24,29H,12-16H2,1-2H3,(H,25,28);1H. The summed E-state index contributed by atoms with van der Waals surface area (Å²) in [5.41, 5.74) is 0.706. The Hall–Kier alpha value is -2.70. The summed E-state index contributed by atoms with van der Waals surface area (Å²) in [5.74, 6) is -1.27. The van der Waals surface area contributed by atoms with Gasteiger partial charge in [-0.05, 0) is 55.8 Å². The van der Waals surface area contributed by atoms with E-state index in [1.165, 1.54) is 31.4 Å². The number of sulfonamides is 1. The van der Waals surface area contributed by atoms with Crippen molar-refractivity contribution < 1.29 is 32.7 Å². The molecule has 12 heteroatoms. The van der Waals surface area contributed by atoms with Gasteiger partial charge in [-0.15, -0.1) is 12.4 Å². The molecule has 0 spiro atoms. The molecule has 1 saturated heterocycles. The van der Waals surface area contributed by atoms with Crippen molar-refractivity contribution in [1.82, 2.24) is 15.1 Å². The van der Waals surface area contributed by atoms with Crippen LogP contribution in [0.1, 0.15) is 18.4 Å². The normalized spacial score (nSPS) is 16.0. The van der Waals surface area contributed by atoms with Gasteiger partial charge in [0.05, 0.1) is 24.5 Å². The Labute approximate surface area is 211 Å². The van der Waals surface area contributed by atoms with Crippen LogP contribution in [0.25, 0.3) is 0 Å². The number of rotatable bonds is 9. The maximum atomic E-state index is 14.0. The van der Waals surface area contributed by atoms with Crippen molar-refractivity contribution in [1.29, 1.82) is 0 Å². The molecule has 1 heterocycles. The molecule has 3 N–H and O–H groups in total. The highest BCUT2D eigenvalue weighted by Crippen LogP contribution is 2.40. The number of carbonyl (C=O) groups is 2. The minimum atomic E-state index is -4.31. The molecule has 35 heavy (non-hydrogen) atoms. The van der Waals surface area contributed by atoms with E-state index in [0.717, 1.165) is 11.4 Å². The van der Waals surface area contributed by atoms with E-state index < -0.39 is 33.4 Å². The van der Waals surface area contributed by atoms with Crippen LogP contribution in [0.2, 0.25) is 0 Å². The molecule has 1 amide bonds. The fraction of sp³-hybridized carbons (Fsp3) is 0.391. The summed E-state index contributed by atoms with van der Waals surface area (Å²) in [7, 11) is -1.71. The third kappa shape index (κ3) is 5.93. The molecule has 0 aromatic heterocycles. The first-order chi connectivity index (χ1) is 16.3. The number of piperidine rings is 1. The van der Waals surface area contributed by atoms with E-state index in [1.807, 2.05) is 0 Å². The van der Waals surface area contributed by atoms with Gasteiger partial charge in [-0.3, -0.25) is 14.8 Å². The summed E-state index contributed by atoms with van der Waals surface area (Å²) in [6.07, 6.45) is 0.227. The van der Waals surface area contributed by atoms with E-state index >= 15 is 0 Å². The van der Waals surface area contributed by atoms with Gasteiger partial charge in [0.25, 0.3) is 5.91 Å². The fourth-order valence-corrected chi connectivity index (χ4v) is 5.94. The predicted molar refractivity (Wildman–Crippen MR) is 130 cm³/mol. The minimum absolute atomic E-state index is 0. The van der Waals surface area contributed by atoms with Gasteiger partial charge in [-0.1, -0.05) is 30.3 Å². The highest BCUT2D eigenvalue weighted by atomic mass is 35.5. The van der Waals surface area contributed by atoms with Crippen LogP contribution in [-0.2, 0) is 30.9 Å². The van der Waals surface area contributed by atoms with Crippen molar-refractivity contribution >= 4 is 34.3 Å². The Kier molecular flexibility index (Phi) is 10.0. The van der Waals surface area contributed by atoms with Gasteiger partial charge in [-0.25, -0.2) is 13.9 Å². The molecule has 3 rings (SSSR count). The van der Waals surface area contributed by atoms with Gasteiger partial charge in [-0.2, -0.15) is 4.31 Å². The van der Waals surface area contributed by atoms with E-state index in [2.05, 4.69) is 5.32 Å². The smallest absolute Gasteiger partial charge is 0.325 e. The fourth-order valence-electron chi connectivity index (χ4n) is 4.30. The van der Waals surface area contributed by atoms with Gasteiger partial charge >= 0.3 is 5.97 Å². The summed E-state index contributed by atoms with van der Waals surface area (Å²) >= 11 is 0. The zero-order valence-electron chi connectivity index (χ0n) is 19.5. The van der Waals surface area contributed by atoms with Crippen LogP contribution >= 0.6 is 12.4 Å². The van der Waals surface area contributed by atoms with Crippen molar-refractivity contribution in [2.45, 2.75) is 30.3 Å². The quantitative estimate of drug-likeness (QED) is 0.255. The van der Waals surface area contributed by atoms with Crippen LogP contribution in [-0.4, -0.2) is 63.2 Å². The van der Waals surface area contributed by atoms with Crippen LogP contribution in [0.4, 0.5) is 0 Å². The summed E-state index contributed by atoms with van der Waals surface area (Å²) in [4.78, 5) is 26.2. The maximum Gasteiger partial charge on any atom is 0.325 e. The second-order valence-corrected chi connectivity index (χ2v) is 9.87. The lowest BCUT2D eigenvalue weighted by molar-refractivity contribution is -0.160. The van der Waals surface area contributed by atoms with Crippen molar-refractivity contribution in [3.05, 3.63) is 60.2 Å². The zero-order chi connectivity index (χ0) is 24.8. The van der Waals surface area contributed by atoms with E-state index in [0.29, 0.717) is 24.4 Å². The molecule has 1 fully saturated rings. The van der Waals surface area contributed by atoms with Gasteiger partial charge in [0, 0.05) is 6.54 Å². The highest BCUT2D eigenvalue weighted by Gasteiger charge is 2.55. The number of nitrogens with zero attached hydrogens (tertiary/aromatic N) is 1. The molecule has 0 bridgehead atoms. The zero-order valence-corrected chi connectivity index (χ0v) is 21.1. The Morgan fingerprint density at radius 2 is 1.69 bits per heavy atom. The van der Waals surface area contributed by atoms with E-state index in [1.54, 1.807) is 35.8 Å². The molecule has 1 aliphatic rings. The Morgan fingerprint density at radius 1 is 1.09 bits per heavy atom. The molecule has 2 aromatic rings. The van der Waals surface area contributed by atoms with Gasteiger partial charge in [0.15, 0.2) is 0 Å². The molecule has 1 atom stereocenters. The summed E-state index contributed by atoms with van der Waals surface area (Å²) in [6.45, 7) is 0.508. The molecule has 2 aromatic carbocycles. The van der Waals surface area contributed by atoms with Crippen LogP contribution in [0.5, 0.6) is 5.75 Å². The average molecular weight is 528 g/mol. The van der Waals surface area contributed by atoms with Gasteiger partial charge in [0.1, 0.15) is 11.8 Å². The average Bonchev–Trinajstić information content (AvgIpc) is 2.88. The molecule has 0 radical (unpaired) electrons. The van der Waals surface area contributed by atoms with E-state index in [4.69, 9.17) is 9.47 Å². The van der Waals surface area contributed by atoms with Crippen molar-refractivity contribution in [3.8, 4) is 5.75 Å². The van der Waals surface area contributed by atoms with Crippen LogP contribution < -0.4 is 15.5 Å². The summed E-state index contributed by atoms with van der Waals surface area (Å²) < 4.78 is 39.1. The Balaban J connectivity index is 0.00000432. The number of methoxy groups -OCH3 is 2. The predicted octanol–water partition coefficient (Wildman–Crippen LogP) is 1.72. The topological polar surface area (TPSA) is 134 Å². The van der Waals surface area contributed by atoms with Crippen molar-refractivity contribution in [2.24, 2.45) is 5.41 Å². The number of esters is 1. The SMILES string of the molecule is COC(=O)C(N(Cc1ccccc1)S(=O)(=O)c1ccc(OC)cc1)C1(C(=O)NO)CCNCC1.Cl. The first-order valence-corrected chi connectivity index (χ1v) is 12.2. The van der Waals surface area contributed by atoms with Crippen LogP contribution in [0.3, 0.4) is 0 Å². The van der Waals surface area contributed by atoms with Crippen LogP contribution in [0, 0.1) is 5.41 Å². The lowest BCUT2D eigenvalue weighted by Crippen LogP contribution is -2.62. The Bertz CT molecular complexity index is 1090. The lowest BCUT2D eigenvalue weighted by atomic mass is 9.71. The van der Waals surface area contributed by atoms with Crippen molar-refractivity contribution in [2.75, 3.05) is 27.3 Å². The first kappa shape index (κ1) is 28.5. The van der Waals surface area contributed by atoms with Gasteiger partial charge in [0.2, 0.25) is 10.0 Å². The third-order valence-electron chi connectivity index (χ3n) is 6.13. The third-order valence-corrected chi connectivity index (χ3v) is 7.96. The number of hydrogen-bond donors (Lipinski definition) is 3. The highest BCUT2D eigenvalue weighted by molar-refractivity contribution is 7.89. The number of carbonyl (C=O) groups excluding carboxylic acids is 2. The number of halogens is 1. The number of amides is 1. The first-order valence-electron chi connectivity index (χ1n) is 10.7. The molecular weight excluding hydrogens is 498 g/mol. The van der Waals surface area contributed by atoms with Gasteiger partial charge < -0.3 is 14.8 Å².